The third kappa shape index (κ3) is 3.22. The number of hydrogen-bond acceptors (Lipinski definition) is 3. The second-order valence-corrected chi connectivity index (χ2v) is 6.18. The van der Waals surface area contributed by atoms with Crippen LogP contribution in [0.15, 0.2) is 30.3 Å². The van der Waals surface area contributed by atoms with E-state index in [9.17, 15) is 5.26 Å². The predicted octanol–water partition coefficient (Wildman–Crippen LogP) is 4.66. The van der Waals surface area contributed by atoms with Gasteiger partial charge in [-0.25, -0.2) is 0 Å². The molecule has 1 aromatic carbocycles. The zero-order valence-electron chi connectivity index (χ0n) is 13.2. The van der Waals surface area contributed by atoms with Crippen LogP contribution in [0.5, 0.6) is 11.5 Å². The van der Waals surface area contributed by atoms with E-state index >= 15 is 0 Å². The molecule has 108 valence electrons. The van der Waals surface area contributed by atoms with Crippen molar-refractivity contribution < 1.29 is 4.74 Å². The van der Waals surface area contributed by atoms with Gasteiger partial charge in [0.1, 0.15) is 23.1 Å². The van der Waals surface area contributed by atoms with Crippen molar-refractivity contribution in [3.8, 4) is 17.6 Å². The van der Waals surface area contributed by atoms with Crippen LogP contribution in [0.4, 0.5) is 0 Å². The first-order valence-corrected chi connectivity index (χ1v) is 6.98. The maximum absolute atomic E-state index is 9.33. The average Bonchev–Trinajstić information content (AvgIpc) is 2.37. The summed E-state index contributed by atoms with van der Waals surface area (Å²) in [6.45, 7) is 10.2. The summed E-state index contributed by atoms with van der Waals surface area (Å²) in [4.78, 5) is 4.32. The molecule has 1 aromatic heterocycles. The fraction of sp³-hybridized carbons (Fsp3) is 0.333. The molecule has 3 heteroatoms. The highest BCUT2D eigenvalue weighted by molar-refractivity contribution is 5.50. The average molecular weight is 280 g/mol. The fourth-order valence-electron chi connectivity index (χ4n) is 2.30. The predicted molar refractivity (Wildman–Crippen MR) is 83.6 cm³/mol. The van der Waals surface area contributed by atoms with Gasteiger partial charge in [0.05, 0.1) is 5.69 Å². The zero-order valence-corrected chi connectivity index (χ0v) is 13.2. The molecular formula is C18H20N2O. The zero-order chi connectivity index (χ0) is 15.6. The highest BCUT2D eigenvalue weighted by Crippen LogP contribution is 2.35. The number of para-hydroxylation sites is 1. The lowest BCUT2D eigenvalue weighted by Crippen LogP contribution is -2.12. The van der Waals surface area contributed by atoms with Gasteiger partial charge in [-0.05, 0) is 25.3 Å². The summed E-state index contributed by atoms with van der Waals surface area (Å²) >= 11 is 0. The largest absolute Gasteiger partial charge is 0.456 e. The summed E-state index contributed by atoms with van der Waals surface area (Å²) in [6.07, 6.45) is 0. The number of aryl methyl sites for hydroxylation is 2. The lowest BCUT2D eigenvalue weighted by atomic mass is 9.86. The summed E-state index contributed by atoms with van der Waals surface area (Å²) in [5.41, 5.74) is 3.11. The first-order chi connectivity index (χ1) is 9.82. The summed E-state index contributed by atoms with van der Waals surface area (Å²) in [5.74, 6) is 1.35. The highest BCUT2D eigenvalue weighted by atomic mass is 16.5. The monoisotopic (exact) mass is 280 g/mol. The van der Waals surface area contributed by atoms with Crippen LogP contribution < -0.4 is 4.74 Å². The standard InChI is InChI=1S/C18H20N2O/c1-12-10-17(14(11-19)13(2)20-12)21-16-9-7-6-8-15(16)18(3,4)5/h6-10H,1-5H3. The van der Waals surface area contributed by atoms with Crippen molar-refractivity contribution in [2.24, 2.45) is 0 Å². The molecule has 0 unspecified atom stereocenters. The Balaban J connectivity index is 2.52. The van der Waals surface area contributed by atoms with Gasteiger partial charge in [0.15, 0.2) is 0 Å². The normalized spacial score (nSPS) is 11.0. The first kappa shape index (κ1) is 15.1. The van der Waals surface area contributed by atoms with Gasteiger partial charge in [-0.1, -0.05) is 39.0 Å². The van der Waals surface area contributed by atoms with Crippen molar-refractivity contribution in [3.05, 3.63) is 52.8 Å². The molecule has 21 heavy (non-hydrogen) atoms. The minimum Gasteiger partial charge on any atom is -0.456 e. The summed E-state index contributed by atoms with van der Waals surface area (Å²) in [7, 11) is 0. The SMILES string of the molecule is Cc1cc(Oc2ccccc2C(C)(C)C)c(C#N)c(C)n1. The van der Waals surface area contributed by atoms with E-state index in [1.165, 1.54) is 0 Å². The van der Waals surface area contributed by atoms with Gasteiger partial charge >= 0.3 is 0 Å². The molecule has 0 aliphatic carbocycles. The third-order valence-electron chi connectivity index (χ3n) is 3.32. The number of nitriles is 1. The van der Waals surface area contributed by atoms with E-state index in [0.717, 1.165) is 17.0 Å². The van der Waals surface area contributed by atoms with Crippen molar-refractivity contribution in [1.82, 2.24) is 4.98 Å². The van der Waals surface area contributed by atoms with Gasteiger partial charge in [-0.3, -0.25) is 4.98 Å². The van der Waals surface area contributed by atoms with Gasteiger partial charge in [-0.2, -0.15) is 5.26 Å². The van der Waals surface area contributed by atoms with Crippen molar-refractivity contribution in [2.75, 3.05) is 0 Å². The molecule has 0 aliphatic heterocycles. The molecule has 0 aliphatic rings. The molecule has 0 N–H and O–H groups in total. The van der Waals surface area contributed by atoms with E-state index in [1.54, 1.807) is 0 Å². The molecule has 2 aromatic rings. The van der Waals surface area contributed by atoms with Crippen LogP contribution in [0.3, 0.4) is 0 Å². The smallest absolute Gasteiger partial charge is 0.148 e. The fourth-order valence-corrected chi connectivity index (χ4v) is 2.30. The lowest BCUT2D eigenvalue weighted by Gasteiger charge is -2.23. The van der Waals surface area contributed by atoms with Gasteiger partial charge in [-0.15, -0.1) is 0 Å². The second kappa shape index (κ2) is 5.57. The van der Waals surface area contributed by atoms with Crippen LogP contribution in [0.2, 0.25) is 0 Å². The van der Waals surface area contributed by atoms with Crippen LogP contribution in [-0.4, -0.2) is 4.98 Å². The second-order valence-electron chi connectivity index (χ2n) is 6.18. The topological polar surface area (TPSA) is 45.9 Å². The van der Waals surface area contributed by atoms with E-state index in [0.29, 0.717) is 17.0 Å². The van der Waals surface area contributed by atoms with Gasteiger partial charge in [0, 0.05) is 17.3 Å². The Morgan fingerprint density at radius 1 is 1.10 bits per heavy atom. The van der Waals surface area contributed by atoms with E-state index < -0.39 is 0 Å². The molecule has 0 fully saturated rings. The minimum atomic E-state index is -0.0273. The number of pyridine rings is 1. The van der Waals surface area contributed by atoms with Crippen molar-refractivity contribution in [2.45, 2.75) is 40.0 Å². The Hall–Kier alpha value is -2.34. The van der Waals surface area contributed by atoms with Crippen LogP contribution in [0, 0.1) is 25.2 Å². The molecule has 0 bridgehead atoms. The molecule has 0 saturated heterocycles. The molecule has 3 nitrogen and oxygen atoms in total. The van der Waals surface area contributed by atoms with Crippen molar-refractivity contribution in [3.63, 3.8) is 0 Å². The molecule has 0 saturated carbocycles. The van der Waals surface area contributed by atoms with Gasteiger partial charge < -0.3 is 4.74 Å². The molecule has 0 atom stereocenters. The summed E-state index contributed by atoms with van der Waals surface area (Å²) < 4.78 is 6.06. The Bertz CT molecular complexity index is 706. The van der Waals surface area contributed by atoms with Crippen LogP contribution in [0.25, 0.3) is 0 Å². The maximum Gasteiger partial charge on any atom is 0.148 e. The van der Waals surface area contributed by atoms with E-state index in [1.807, 2.05) is 38.1 Å². The number of rotatable bonds is 2. The number of hydrogen-bond donors (Lipinski definition) is 0. The Morgan fingerprint density at radius 2 is 1.76 bits per heavy atom. The quantitative estimate of drug-likeness (QED) is 0.803. The van der Waals surface area contributed by atoms with Crippen LogP contribution in [-0.2, 0) is 5.41 Å². The van der Waals surface area contributed by atoms with E-state index in [2.05, 4.69) is 37.9 Å². The maximum atomic E-state index is 9.33. The Morgan fingerprint density at radius 3 is 2.38 bits per heavy atom. The highest BCUT2D eigenvalue weighted by Gasteiger charge is 2.20. The lowest BCUT2D eigenvalue weighted by molar-refractivity contribution is 0.452. The molecule has 0 amide bonds. The first-order valence-electron chi connectivity index (χ1n) is 6.98. The molecule has 1 heterocycles. The van der Waals surface area contributed by atoms with E-state index in [4.69, 9.17) is 4.74 Å². The molecule has 0 radical (unpaired) electrons. The third-order valence-corrected chi connectivity index (χ3v) is 3.32. The molecular weight excluding hydrogens is 260 g/mol. The van der Waals surface area contributed by atoms with Gasteiger partial charge in [0.2, 0.25) is 0 Å². The number of nitrogens with zero attached hydrogens (tertiary/aromatic N) is 2. The Labute approximate surface area is 126 Å². The van der Waals surface area contributed by atoms with Crippen molar-refractivity contribution in [1.29, 1.82) is 5.26 Å². The van der Waals surface area contributed by atoms with Crippen LogP contribution in [0.1, 0.15) is 43.3 Å². The molecule has 0 spiro atoms. The van der Waals surface area contributed by atoms with Crippen molar-refractivity contribution >= 4 is 0 Å². The van der Waals surface area contributed by atoms with E-state index in [-0.39, 0.29) is 5.41 Å². The summed E-state index contributed by atoms with van der Waals surface area (Å²) in [5, 5.41) is 9.33. The number of ether oxygens (including phenoxy) is 1. The molecule has 2 rings (SSSR count). The number of benzene rings is 1. The minimum absolute atomic E-state index is 0.0273. The number of aromatic nitrogens is 1. The Kier molecular flexibility index (Phi) is 3.99. The summed E-state index contributed by atoms with van der Waals surface area (Å²) in [6, 6.07) is 11.9. The van der Waals surface area contributed by atoms with Crippen LogP contribution >= 0.6 is 0 Å². The van der Waals surface area contributed by atoms with Gasteiger partial charge in [0.25, 0.3) is 0 Å².